The second-order valence-corrected chi connectivity index (χ2v) is 6.52. The van der Waals surface area contributed by atoms with Gasteiger partial charge >= 0.3 is 0 Å². The van der Waals surface area contributed by atoms with Crippen molar-refractivity contribution in [3.63, 3.8) is 0 Å². The van der Waals surface area contributed by atoms with Crippen LogP contribution in [0.1, 0.15) is 17.2 Å². The van der Waals surface area contributed by atoms with Crippen molar-refractivity contribution < 1.29 is 5.11 Å². The van der Waals surface area contributed by atoms with E-state index in [0.717, 1.165) is 5.56 Å². The number of nitrogens with one attached hydrogen (secondary N) is 1. The molecule has 0 aliphatic rings. The maximum Gasteiger partial charge on any atom is 0.287 e. The van der Waals surface area contributed by atoms with Gasteiger partial charge in [-0.05, 0) is 11.6 Å². The highest BCUT2D eigenvalue weighted by molar-refractivity contribution is 6.33. The molecule has 5 nitrogen and oxygen atoms in total. The topological polar surface area (TPSA) is 67.2 Å². The lowest BCUT2D eigenvalue weighted by molar-refractivity contribution is 0.191. The number of benzene rings is 2. The number of anilines is 1. The zero-order valence-corrected chi connectivity index (χ0v) is 15.3. The average molecular weight is 390 g/mol. The van der Waals surface area contributed by atoms with Gasteiger partial charge in [0, 0.05) is 17.1 Å². The average Bonchev–Trinajstić information content (AvgIpc) is 2.66. The third-order valence-corrected chi connectivity index (χ3v) is 4.62. The number of rotatable bonds is 6. The van der Waals surface area contributed by atoms with Crippen LogP contribution in [0.2, 0.25) is 10.0 Å². The molecule has 0 saturated heterocycles. The summed E-state index contributed by atoms with van der Waals surface area (Å²) in [5, 5.41) is 17.9. The van der Waals surface area contributed by atoms with Crippen molar-refractivity contribution >= 4 is 28.9 Å². The fourth-order valence-corrected chi connectivity index (χ4v) is 2.99. The first-order valence-corrected chi connectivity index (χ1v) is 8.77. The molecule has 0 saturated carbocycles. The molecule has 3 rings (SSSR count). The Labute approximate surface area is 160 Å². The minimum absolute atomic E-state index is 0.0299. The number of aliphatic hydroxyl groups excluding tert-OH is 1. The summed E-state index contributed by atoms with van der Waals surface area (Å²) in [6.07, 6.45) is 0.637. The first-order valence-electron chi connectivity index (χ1n) is 8.02. The van der Waals surface area contributed by atoms with E-state index in [2.05, 4.69) is 10.4 Å². The molecule has 26 heavy (non-hydrogen) atoms. The predicted octanol–water partition coefficient (Wildman–Crippen LogP) is 3.74. The largest absolute Gasteiger partial charge is 0.387 e. The summed E-state index contributed by atoms with van der Waals surface area (Å²) >= 11 is 12.3. The molecule has 0 radical (unpaired) electrons. The summed E-state index contributed by atoms with van der Waals surface area (Å²) in [5.74, 6) is 0. The molecule has 1 aromatic heterocycles. The fraction of sp³-hybridized carbons (Fsp3) is 0.158. The molecule has 0 spiro atoms. The van der Waals surface area contributed by atoms with Crippen molar-refractivity contribution in [2.24, 2.45) is 0 Å². The summed E-state index contributed by atoms with van der Waals surface area (Å²) in [6.45, 7) is 0.481. The monoisotopic (exact) mass is 389 g/mol. The standard InChI is InChI=1S/C19H17Cl2N3O2/c20-15-9-5-4-8-14(15)17(25)11-22-16-10-23-24(19(26)18(16)21)12-13-6-2-1-3-7-13/h1-10,17,22,25H,11-12H2. The first-order chi connectivity index (χ1) is 12.6. The van der Waals surface area contributed by atoms with E-state index >= 15 is 0 Å². The van der Waals surface area contributed by atoms with Gasteiger partial charge in [-0.25, -0.2) is 4.68 Å². The highest BCUT2D eigenvalue weighted by Gasteiger charge is 2.14. The minimum Gasteiger partial charge on any atom is -0.387 e. The molecular weight excluding hydrogens is 373 g/mol. The Kier molecular flexibility index (Phi) is 5.93. The maximum atomic E-state index is 12.4. The van der Waals surface area contributed by atoms with Crippen molar-refractivity contribution in [1.82, 2.24) is 9.78 Å². The van der Waals surface area contributed by atoms with E-state index in [-0.39, 0.29) is 11.6 Å². The van der Waals surface area contributed by atoms with Crippen LogP contribution in [-0.2, 0) is 6.54 Å². The van der Waals surface area contributed by atoms with Gasteiger partial charge in [0.25, 0.3) is 5.56 Å². The number of aromatic nitrogens is 2. The predicted molar refractivity (Wildman–Crippen MR) is 104 cm³/mol. The van der Waals surface area contributed by atoms with E-state index in [9.17, 15) is 9.90 Å². The summed E-state index contributed by atoms with van der Waals surface area (Å²) in [6, 6.07) is 16.6. The molecule has 2 aromatic carbocycles. The molecule has 0 bridgehead atoms. The lowest BCUT2D eigenvalue weighted by Crippen LogP contribution is -2.25. The van der Waals surface area contributed by atoms with Crippen molar-refractivity contribution in [1.29, 1.82) is 0 Å². The van der Waals surface area contributed by atoms with Crippen LogP contribution in [0.3, 0.4) is 0 Å². The van der Waals surface area contributed by atoms with Gasteiger partial charge in [0.15, 0.2) is 0 Å². The van der Waals surface area contributed by atoms with Crippen LogP contribution < -0.4 is 10.9 Å². The van der Waals surface area contributed by atoms with Gasteiger partial charge in [0.1, 0.15) is 5.02 Å². The highest BCUT2D eigenvalue weighted by Crippen LogP contribution is 2.24. The molecule has 0 aliphatic heterocycles. The summed E-state index contributed by atoms with van der Waals surface area (Å²) in [5.41, 5.74) is 1.52. The number of hydrogen-bond acceptors (Lipinski definition) is 4. The molecule has 7 heteroatoms. The lowest BCUT2D eigenvalue weighted by atomic mass is 10.1. The van der Waals surface area contributed by atoms with E-state index in [1.54, 1.807) is 24.3 Å². The Morgan fingerprint density at radius 1 is 1.08 bits per heavy atom. The van der Waals surface area contributed by atoms with Crippen molar-refractivity contribution in [3.8, 4) is 0 Å². The molecule has 0 aliphatic carbocycles. The second kappa shape index (κ2) is 8.36. The van der Waals surface area contributed by atoms with E-state index in [1.807, 2.05) is 30.3 Å². The summed E-state index contributed by atoms with van der Waals surface area (Å²) in [4.78, 5) is 12.4. The van der Waals surface area contributed by atoms with Gasteiger partial charge in [-0.1, -0.05) is 71.7 Å². The van der Waals surface area contributed by atoms with Crippen LogP contribution in [0, 0.1) is 0 Å². The minimum atomic E-state index is -0.841. The van der Waals surface area contributed by atoms with Crippen molar-refractivity contribution in [2.75, 3.05) is 11.9 Å². The normalized spacial score (nSPS) is 12.0. The zero-order chi connectivity index (χ0) is 18.5. The third-order valence-electron chi connectivity index (χ3n) is 3.91. The van der Waals surface area contributed by atoms with Gasteiger partial charge in [0.05, 0.1) is 24.5 Å². The quantitative estimate of drug-likeness (QED) is 0.673. The Bertz CT molecular complexity index is 945. The van der Waals surface area contributed by atoms with Crippen LogP contribution in [0.25, 0.3) is 0 Å². The Morgan fingerprint density at radius 3 is 2.50 bits per heavy atom. The Balaban J connectivity index is 1.72. The maximum absolute atomic E-state index is 12.4. The van der Waals surface area contributed by atoms with Crippen molar-refractivity contribution in [3.05, 3.63) is 92.3 Å². The summed E-state index contributed by atoms with van der Waals surface area (Å²) in [7, 11) is 0. The van der Waals surface area contributed by atoms with Gasteiger partial charge < -0.3 is 10.4 Å². The van der Waals surface area contributed by atoms with Crippen LogP contribution >= 0.6 is 23.2 Å². The Hall–Kier alpha value is -2.34. The van der Waals surface area contributed by atoms with Crippen molar-refractivity contribution in [2.45, 2.75) is 12.6 Å². The smallest absolute Gasteiger partial charge is 0.287 e. The molecule has 0 amide bonds. The zero-order valence-electron chi connectivity index (χ0n) is 13.8. The molecule has 1 heterocycles. The number of hydrogen-bond donors (Lipinski definition) is 2. The van der Waals surface area contributed by atoms with Gasteiger partial charge in [0.2, 0.25) is 0 Å². The van der Waals surface area contributed by atoms with Gasteiger partial charge in [-0.3, -0.25) is 4.79 Å². The third kappa shape index (κ3) is 4.25. The number of nitrogens with zero attached hydrogens (tertiary/aromatic N) is 2. The highest BCUT2D eigenvalue weighted by atomic mass is 35.5. The van der Waals surface area contributed by atoms with Crippen LogP contribution in [-0.4, -0.2) is 21.4 Å². The van der Waals surface area contributed by atoms with E-state index in [0.29, 0.717) is 22.8 Å². The second-order valence-electron chi connectivity index (χ2n) is 5.74. The van der Waals surface area contributed by atoms with Crippen LogP contribution in [0.4, 0.5) is 5.69 Å². The SMILES string of the molecule is O=c1c(Cl)c(NCC(O)c2ccccc2Cl)cnn1Cc1ccccc1. The number of halogens is 2. The lowest BCUT2D eigenvalue weighted by Gasteiger charge is -2.15. The molecule has 134 valence electrons. The molecule has 1 unspecified atom stereocenters. The fourth-order valence-electron chi connectivity index (χ4n) is 2.52. The Morgan fingerprint density at radius 2 is 1.77 bits per heavy atom. The number of aliphatic hydroxyl groups is 1. The van der Waals surface area contributed by atoms with Crippen LogP contribution in [0.5, 0.6) is 0 Å². The van der Waals surface area contributed by atoms with E-state index < -0.39 is 11.7 Å². The van der Waals surface area contributed by atoms with E-state index in [1.165, 1.54) is 10.9 Å². The summed E-state index contributed by atoms with van der Waals surface area (Å²) < 4.78 is 1.30. The molecule has 0 fully saturated rings. The molecule has 3 aromatic rings. The van der Waals surface area contributed by atoms with Gasteiger partial charge in [-0.15, -0.1) is 0 Å². The van der Waals surface area contributed by atoms with Gasteiger partial charge in [-0.2, -0.15) is 5.10 Å². The molecule has 1 atom stereocenters. The van der Waals surface area contributed by atoms with E-state index in [4.69, 9.17) is 23.2 Å². The first kappa shape index (κ1) is 18.5. The van der Waals surface area contributed by atoms with Crippen LogP contribution in [0.15, 0.2) is 65.6 Å². The molecule has 2 N–H and O–H groups in total. The molecular formula is C19H17Cl2N3O2.